The van der Waals surface area contributed by atoms with E-state index in [1.807, 2.05) is 0 Å². The summed E-state index contributed by atoms with van der Waals surface area (Å²) in [5, 5.41) is 6.47. The lowest BCUT2D eigenvalue weighted by atomic mass is 10.1. The Morgan fingerprint density at radius 2 is 1.90 bits per heavy atom. The highest BCUT2D eigenvalue weighted by Crippen LogP contribution is 2.48. The van der Waals surface area contributed by atoms with E-state index in [1.54, 1.807) is 0 Å². The Morgan fingerprint density at radius 3 is 2.55 bits per heavy atom. The minimum atomic E-state index is -4.64. The van der Waals surface area contributed by atoms with Crippen molar-refractivity contribution >= 4 is 0 Å². The normalized spacial score (nSPS) is 28.5. The van der Waals surface area contributed by atoms with Crippen molar-refractivity contribution in [1.82, 2.24) is 10.6 Å². The van der Waals surface area contributed by atoms with Crippen LogP contribution in [0.15, 0.2) is 18.2 Å². The van der Waals surface area contributed by atoms with Gasteiger partial charge in [-0.3, -0.25) is 0 Å². The van der Waals surface area contributed by atoms with Crippen molar-refractivity contribution in [3.63, 3.8) is 0 Å². The third-order valence-electron chi connectivity index (χ3n) is 4.31. The largest absolute Gasteiger partial charge is 0.419 e. The van der Waals surface area contributed by atoms with E-state index in [-0.39, 0.29) is 0 Å². The molecule has 3 rings (SSSR count). The van der Waals surface area contributed by atoms with Crippen LogP contribution in [0.3, 0.4) is 0 Å². The third kappa shape index (κ3) is 2.67. The van der Waals surface area contributed by atoms with E-state index in [4.69, 9.17) is 0 Å². The van der Waals surface area contributed by atoms with Crippen LogP contribution < -0.4 is 10.6 Å². The van der Waals surface area contributed by atoms with E-state index in [0.717, 1.165) is 43.6 Å². The first-order valence-electron chi connectivity index (χ1n) is 6.74. The molecule has 2 nitrogen and oxygen atoms in total. The smallest absolute Gasteiger partial charge is 0.316 e. The zero-order chi connectivity index (χ0) is 14.3. The molecule has 2 aliphatic rings. The average Bonchev–Trinajstić information content (AvgIpc) is 2.82. The first-order valence-corrected chi connectivity index (χ1v) is 6.74. The van der Waals surface area contributed by atoms with Crippen LogP contribution >= 0.6 is 0 Å². The standard InChI is InChI=1S/C14H16F4N2/c15-13-2-1-8(3-12(13)14(16,17)18)4-19-5-9-10-6-20-7-11(9)10/h1-3,9-11,19-20H,4-7H2. The van der Waals surface area contributed by atoms with Gasteiger partial charge >= 0.3 is 6.18 Å². The monoisotopic (exact) mass is 288 g/mol. The van der Waals surface area contributed by atoms with Gasteiger partial charge < -0.3 is 10.6 Å². The molecule has 0 radical (unpaired) electrons. The fraction of sp³-hybridized carbons (Fsp3) is 0.571. The topological polar surface area (TPSA) is 24.1 Å². The molecule has 1 aliphatic heterocycles. The lowest BCUT2D eigenvalue weighted by Crippen LogP contribution is -2.23. The molecule has 6 heteroatoms. The van der Waals surface area contributed by atoms with E-state index in [1.165, 1.54) is 6.07 Å². The number of fused-ring (bicyclic) bond motifs is 1. The Labute approximate surface area is 114 Å². The van der Waals surface area contributed by atoms with Crippen LogP contribution in [0.1, 0.15) is 11.1 Å². The summed E-state index contributed by atoms with van der Waals surface area (Å²) in [7, 11) is 0. The van der Waals surface area contributed by atoms with Crippen LogP contribution in [0.2, 0.25) is 0 Å². The molecule has 20 heavy (non-hydrogen) atoms. The number of alkyl halides is 3. The minimum Gasteiger partial charge on any atom is -0.316 e. The van der Waals surface area contributed by atoms with Gasteiger partial charge in [-0.2, -0.15) is 13.2 Å². The maximum absolute atomic E-state index is 13.1. The highest BCUT2D eigenvalue weighted by molar-refractivity contribution is 5.27. The van der Waals surface area contributed by atoms with Crippen LogP contribution in [0.5, 0.6) is 0 Å². The maximum atomic E-state index is 13.1. The molecule has 2 atom stereocenters. The van der Waals surface area contributed by atoms with Gasteiger partial charge in [-0.15, -0.1) is 0 Å². The molecule has 2 fully saturated rings. The molecule has 0 aromatic heterocycles. The van der Waals surface area contributed by atoms with Crippen molar-refractivity contribution in [3.05, 3.63) is 35.1 Å². The second kappa shape index (κ2) is 5.00. The fourth-order valence-corrected chi connectivity index (χ4v) is 3.13. The lowest BCUT2D eigenvalue weighted by molar-refractivity contribution is -0.140. The van der Waals surface area contributed by atoms with Crippen molar-refractivity contribution < 1.29 is 17.6 Å². The summed E-state index contributed by atoms with van der Waals surface area (Å²) in [6.45, 7) is 3.25. The Kier molecular flexibility index (Phi) is 3.46. The summed E-state index contributed by atoms with van der Waals surface area (Å²) in [6, 6.07) is 3.17. The summed E-state index contributed by atoms with van der Waals surface area (Å²) >= 11 is 0. The summed E-state index contributed by atoms with van der Waals surface area (Å²) in [5.74, 6) is 0.866. The molecule has 1 aromatic carbocycles. The number of halogens is 4. The van der Waals surface area contributed by atoms with E-state index < -0.39 is 17.6 Å². The third-order valence-corrected chi connectivity index (χ3v) is 4.31. The molecule has 1 aromatic rings. The van der Waals surface area contributed by atoms with E-state index in [2.05, 4.69) is 10.6 Å². The van der Waals surface area contributed by atoms with Crippen molar-refractivity contribution in [2.45, 2.75) is 12.7 Å². The fourth-order valence-electron chi connectivity index (χ4n) is 3.13. The SMILES string of the molecule is Fc1ccc(CNCC2C3CNCC23)cc1C(F)(F)F. The van der Waals surface area contributed by atoms with E-state index in [9.17, 15) is 17.6 Å². The van der Waals surface area contributed by atoms with Gasteiger partial charge in [0.15, 0.2) is 0 Å². The molecular weight excluding hydrogens is 272 g/mol. The minimum absolute atomic E-state index is 0.340. The van der Waals surface area contributed by atoms with Gasteiger partial charge in [0.2, 0.25) is 0 Å². The Bertz CT molecular complexity index is 490. The van der Waals surface area contributed by atoms with Crippen LogP contribution in [0, 0.1) is 23.6 Å². The van der Waals surface area contributed by atoms with Crippen LogP contribution in [-0.4, -0.2) is 19.6 Å². The number of benzene rings is 1. The average molecular weight is 288 g/mol. The Hall–Kier alpha value is -1.14. The van der Waals surface area contributed by atoms with Gasteiger partial charge in [0.25, 0.3) is 0 Å². The summed E-state index contributed by atoms with van der Waals surface area (Å²) in [4.78, 5) is 0. The molecule has 0 spiro atoms. The van der Waals surface area contributed by atoms with E-state index in [0.29, 0.717) is 18.0 Å². The molecule has 0 amide bonds. The van der Waals surface area contributed by atoms with Gasteiger partial charge in [-0.1, -0.05) is 6.07 Å². The van der Waals surface area contributed by atoms with Crippen molar-refractivity contribution in [1.29, 1.82) is 0 Å². The van der Waals surface area contributed by atoms with Gasteiger partial charge in [-0.05, 0) is 55.1 Å². The van der Waals surface area contributed by atoms with Crippen LogP contribution in [-0.2, 0) is 12.7 Å². The molecule has 1 saturated heterocycles. The second-order valence-electron chi connectivity index (χ2n) is 5.59. The zero-order valence-electron chi connectivity index (χ0n) is 10.8. The van der Waals surface area contributed by atoms with E-state index >= 15 is 0 Å². The lowest BCUT2D eigenvalue weighted by Gasteiger charge is -2.11. The number of hydrogen-bond acceptors (Lipinski definition) is 2. The van der Waals surface area contributed by atoms with Crippen LogP contribution in [0.25, 0.3) is 0 Å². The maximum Gasteiger partial charge on any atom is 0.419 e. The quantitative estimate of drug-likeness (QED) is 0.831. The number of nitrogens with one attached hydrogen (secondary N) is 2. The molecule has 110 valence electrons. The molecule has 0 bridgehead atoms. The number of hydrogen-bond donors (Lipinski definition) is 2. The number of piperidine rings is 1. The van der Waals surface area contributed by atoms with Crippen molar-refractivity contribution in [2.75, 3.05) is 19.6 Å². The van der Waals surface area contributed by atoms with Gasteiger partial charge in [-0.25, -0.2) is 4.39 Å². The summed E-state index contributed by atoms with van der Waals surface area (Å²) < 4.78 is 50.9. The molecule has 1 aliphatic carbocycles. The van der Waals surface area contributed by atoms with Gasteiger partial charge in [0.05, 0.1) is 5.56 Å². The predicted molar refractivity (Wildman–Crippen MR) is 66.4 cm³/mol. The number of rotatable bonds is 4. The molecular formula is C14H16F4N2. The first kappa shape index (κ1) is 13.8. The summed E-state index contributed by atoms with van der Waals surface area (Å²) in [6.07, 6.45) is -4.64. The van der Waals surface area contributed by atoms with Crippen molar-refractivity contribution in [2.24, 2.45) is 17.8 Å². The highest BCUT2D eigenvalue weighted by atomic mass is 19.4. The predicted octanol–water partition coefficient (Wildman–Crippen LogP) is 2.40. The van der Waals surface area contributed by atoms with Gasteiger partial charge in [0.1, 0.15) is 5.82 Å². The molecule has 2 unspecified atom stereocenters. The van der Waals surface area contributed by atoms with Crippen molar-refractivity contribution in [3.8, 4) is 0 Å². The Morgan fingerprint density at radius 1 is 1.20 bits per heavy atom. The highest BCUT2D eigenvalue weighted by Gasteiger charge is 2.51. The second-order valence-corrected chi connectivity index (χ2v) is 5.59. The molecule has 1 heterocycles. The first-order chi connectivity index (χ1) is 9.47. The van der Waals surface area contributed by atoms with Gasteiger partial charge in [0, 0.05) is 6.54 Å². The zero-order valence-corrected chi connectivity index (χ0v) is 10.8. The van der Waals surface area contributed by atoms with Crippen LogP contribution in [0.4, 0.5) is 17.6 Å². The Balaban J connectivity index is 1.55. The molecule has 1 saturated carbocycles. The molecule has 2 N–H and O–H groups in total. The summed E-state index contributed by atoms with van der Waals surface area (Å²) in [5.41, 5.74) is -0.730.